The van der Waals surface area contributed by atoms with Crippen LogP contribution in [0.1, 0.15) is 45.1 Å². The molecule has 3 atom stereocenters. The molecule has 0 radical (unpaired) electrons. The maximum absolute atomic E-state index is 9.87. The van der Waals surface area contributed by atoms with Gasteiger partial charge in [0.2, 0.25) is 5.41 Å². The molecule has 5 heteroatoms. The molecular formula is C21H22N4S. The smallest absolute Gasteiger partial charge is 0.204 e. The third-order valence-corrected chi connectivity index (χ3v) is 6.69. The Kier molecular flexibility index (Phi) is 4.43. The predicted molar refractivity (Wildman–Crippen MR) is 101 cm³/mol. The van der Waals surface area contributed by atoms with Crippen LogP contribution in [0, 0.1) is 56.7 Å². The fourth-order valence-corrected chi connectivity index (χ4v) is 5.08. The van der Waals surface area contributed by atoms with Gasteiger partial charge in [-0.15, -0.1) is 0 Å². The largest absolute Gasteiger partial charge is 0.399 e. The van der Waals surface area contributed by atoms with E-state index >= 15 is 0 Å². The highest BCUT2D eigenvalue weighted by molar-refractivity contribution is 7.08. The lowest BCUT2D eigenvalue weighted by molar-refractivity contribution is 0.180. The zero-order valence-corrected chi connectivity index (χ0v) is 16.1. The highest BCUT2D eigenvalue weighted by atomic mass is 32.1. The molecule has 26 heavy (non-hydrogen) atoms. The van der Waals surface area contributed by atoms with Gasteiger partial charge in [-0.05, 0) is 58.1 Å². The van der Waals surface area contributed by atoms with Gasteiger partial charge in [-0.3, -0.25) is 0 Å². The average molecular weight is 363 g/mol. The molecule has 1 heterocycles. The summed E-state index contributed by atoms with van der Waals surface area (Å²) in [4.78, 5) is 0. The average Bonchev–Trinajstić information content (AvgIpc) is 3.14. The fourth-order valence-electron chi connectivity index (χ4n) is 4.39. The highest BCUT2D eigenvalue weighted by Gasteiger charge is 2.53. The molecule has 2 aliphatic carbocycles. The molecule has 1 aromatic heterocycles. The summed E-state index contributed by atoms with van der Waals surface area (Å²) >= 11 is 1.58. The third-order valence-electron chi connectivity index (χ3n) is 5.98. The molecule has 0 bridgehead atoms. The van der Waals surface area contributed by atoms with Crippen molar-refractivity contribution in [2.75, 3.05) is 0 Å². The lowest BCUT2D eigenvalue weighted by Crippen LogP contribution is -2.43. The van der Waals surface area contributed by atoms with Gasteiger partial charge in [0, 0.05) is 5.92 Å². The van der Waals surface area contributed by atoms with Crippen molar-refractivity contribution < 1.29 is 0 Å². The van der Waals surface area contributed by atoms with E-state index in [1.165, 1.54) is 0 Å². The second kappa shape index (κ2) is 6.31. The van der Waals surface area contributed by atoms with E-state index in [0.29, 0.717) is 11.5 Å². The lowest BCUT2D eigenvalue weighted by Gasteiger charge is -2.46. The van der Waals surface area contributed by atoms with E-state index < -0.39 is 5.41 Å². The number of rotatable bonds is 1. The molecule has 0 amide bonds. The first kappa shape index (κ1) is 18.2. The number of nitriles is 3. The first-order valence-electron chi connectivity index (χ1n) is 8.75. The number of hydrogen-bond acceptors (Lipinski definition) is 5. The van der Waals surface area contributed by atoms with Gasteiger partial charge in [0.15, 0.2) is 0 Å². The molecule has 0 aromatic carbocycles. The maximum atomic E-state index is 9.87. The van der Waals surface area contributed by atoms with Gasteiger partial charge in [0.1, 0.15) is 0 Å². The number of thiophene rings is 1. The first-order valence-corrected chi connectivity index (χ1v) is 9.69. The molecule has 2 N–H and O–H groups in total. The summed E-state index contributed by atoms with van der Waals surface area (Å²) in [7, 11) is 0. The zero-order valence-electron chi connectivity index (χ0n) is 15.3. The summed E-state index contributed by atoms with van der Waals surface area (Å²) < 4.78 is 0. The second-order valence-electron chi connectivity index (χ2n) is 8.25. The third kappa shape index (κ3) is 2.54. The maximum Gasteiger partial charge on any atom is 0.204 e. The van der Waals surface area contributed by atoms with Gasteiger partial charge in [0.05, 0.1) is 29.5 Å². The molecule has 0 aliphatic heterocycles. The zero-order chi connectivity index (χ0) is 19.1. The highest BCUT2D eigenvalue weighted by Crippen LogP contribution is 2.57. The Bertz CT molecular complexity index is 880. The van der Waals surface area contributed by atoms with Gasteiger partial charge >= 0.3 is 0 Å². The van der Waals surface area contributed by atoms with Gasteiger partial charge in [-0.2, -0.15) is 27.1 Å². The van der Waals surface area contributed by atoms with Crippen LogP contribution in [0.15, 0.2) is 39.7 Å². The van der Waals surface area contributed by atoms with Crippen LogP contribution in [0.25, 0.3) is 0 Å². The molecule has 0 spiro atoms. The van der Waals surface area contributed by atoms with Crippen molar-refractivity contribution in [2.45, 2.75) is 39.5 Å². The van der Waals surface area contributed by atoms with Crippen LogP contribution in [-0.2, 0) is 0 Å². The van der Waals surface area contributed by atoms with Crippen LogP contribution in [-0.4, -0.2) is 0 Å². The van der Waals surface area contributed by atoms with Crippen LogP contribution in [0.5, 0.6) is 0 Å². The van der Waals surface area contributed by atoms with Gasteiger partial charge in [0.25, 0.3) is 0 Å². The summed E-state index contributed by atoms with van der Waals surface area (Å²) in [6.07, 6.45) is 3.72. The molecule has 0 unspecified atom stereocenters. The van der Waals surface area contributed by atoms with E-state index in [1.54, 1.807) is 11.3 Å². The van der Waals surface area contributed by atoms with Crippen LogP contribution < -0.4 is 5.73 Å². The van der Waals surface area contributed by atoms with Crippen molar-refractivity contribution in [2.24, 2.45) is 28.4 Å². The lowest BCUT2D eigenvalue weighted by atomic mass is 9.55. The Labute approximate surface area is 158 Å². The molecule has 4 nitrogen and oxygen atoms in total. The second-order valence-corrected chi connectivity index (χ2v) is 9.03. The van der Waals surface area contributed by atoms with Crippen molar-refractivity contribution >= 4 is 11.3 Å². The minimum absolute atomic E-state index is 0.0520. The van der Waals surface area contributed by atoms with Crippen LogP contribution in [0.2, 0.25) is 0 Å². The van der Waals surface area contributed by atoms with Crippen molar-refractivity contribution in [3.8, 4) is 18.2 Å². The monoisotopic (exact) mass is 362 g/mol. The van der Waals surface area contributed by atoms with Crippen molar-refractivity contribution in [1.29, 1.82) is 15.8 Å². The van der Waals surface area contributed by atoms with Gasteiger partial charge in [-0.1, -0.05) is 26.8 Å². The quantitative estimate of drug-likeness (QED) is 0.737. The van der Waals surface area contributed by atoms with Crippen molar-refractivity contribution in [1.82, 2.24) is 0 Å². The Morgan fingerprint density at radius 3 is 2.42 bits per heavy atom. The molecule has 1 aromatic rings. The van der Waals surface area contributed by atoms with E-state index in [2.05, 4.69) is 45.1 Å². The predicted octanol–water partition coefficient (Wildman–Crippen LogP) is 4.61. The van der Waals surface area contributed by atoms with Crippen molar-refractivity contribution in [3.63, 3.8) is 0 Å². The molecular weight excluding hydrogens is 340 g/mol. The number of fused-ring (bicyclic) bond motifs is 1. The van der Waals surface area contributed by atoms with E-state index in [1.807, 2.05) is 16.8 Å². The van der Waals surface area contributed by atoms with Gasteiger partial charge < -0.3 is 5.73 Å². The van der Waals surface area contributed by atoms with E-state index in [4.69, 9.17) is 5.73 Å². The number of allylic oxidation sites excluding steroid dienone is 3. The Hall–Kier alpha value is -2.55. The number of hydrogen-bond donors (Lipinski definition) is 1. The van der Waals surface area contributed by atoms with Crippen LogP contribution >= 0.6 is 11.3 Å². The number of nitrogens with zero attached hydrogens (tertiary/aromatic N) is 3. The number of nitrogens with two attached hydrogens (primary N) is 1. The summed E-state index contributed by atoms with van der Waals surface area (Å²) in [6.45, 7) is 6.66. The molecule has 0 fully saturated rings. The Morgan fingerprint density at radius 2 is 1.92 bits per heavy atom. The topological polar surface area (TPSA) is 97.4 Å². The van der Waals surface area contributed by atoms with E-state index in [0.717, 1.165) is 24.0 Å². The Morgan fingerprint density at radius 1 is 1.23 bits per heavy atom. The van der Waals surface area contributed by atoms with E-state index in [9.17, 15) is 15.8 Å². The molecule has 2 aliphatic rings. The SMILES string of the molecule is CC(C)(C)[C@@H]1CC=C2[C@H](C1)[C@@H](c1ccsc1)C(C#N)=C(N)C2(C#N)C#N. The summed E-state index contributed by atoms with van der Waals surface area (Å²) in [5.74, 6) is 0.188. The molecule has 0 saturated carbocycles. The van der Waals surface area contributed by atoms with Crippen molar-refractivity contribution in [3.05, 3.63) is 45.3 Å². The minimum atomic E-state index is -1.52. The van der Waals surface area contributed by atoms with E-state index in [-0.39, 0.29) is 22.9 Å². The summed E-state index contributed by atoms with van der Waals surface area (Å²) in [6, 6.07) is 8.53. The standard InChI is InChI=1S/C21H22N4S/c1-20(2,3)14-4-5-17-15(8-14)18(13-6-7-26-10-13)16(9-22)19(25)21(17,11-23)12-24/h5-7,10,14-15,18H,4,8,25H2,1-3H3/t14-,15+,18-/m1/s1. The Balaban J connectivity index is 2.26. The van der Waals surface area contributed by atoms with Gasteiger partial charge in [-0.25, -0.2) is 0 Å². The first-order chi connectivity index (χ1) is 12.3. The summed E-state index contributed by atoms with van der Waals surface area (Å²) in [5, 5.41) is 33.6. The summed E-state index contributed by atoms with van der Waals surface area (Å²) in [5.41, 5.74) is 7.20. The molecule has 132 valence electrons. The molecule has 0 saturated heterocycles. The minimum Gasteiger partial charge on any atom is -0.399 e. The van der Waals surface area contributed by atoms with Crippen LogP contribution in [0.4, 0.5) is 0 Å². The van der Waals surface area contributed by atoms with Crippen LogP contribution in [0.3, 0.4) is 0 Å². The fraction of sp³-hybridized carbons (Fsp3) is 0.476. The normalized spacial score (nSPS) is 27.5. The molecule has 3 rings (SSSR count).